The largest absolute Gasteiger partial charge is 0.397 e. The first-order chi connectivity index (χ1) is 14.5. The molecule has 0 radical (unpaired) electrons. The van der Waals surface area contributed by atoms with Crippen molar-refractivity contribution in [2.24, 2.45) is 0 Å². The number of benzene rings is 3. The molecule has 0 aliphatic heterocycles. The van der Waals surface area contributed by atoms with Gasteiger partial charge in [-0.3, -0.25) is 14.1 Å². The first-order valence-electron chi connectivity index (χ1n) is 9.48. The van der Waals surface area contributed by atoms with Gasteiger partial charge in [-0.2, -0.15) is 8.42 Å². The van der Waals surface area contributed by atoms with Crippen molar-refractivity contribution >= 4 is 38.7 Å². The third-order valence-corrected chi connectivity index (χ3v) is 6.31. The maximum Gasteiger partial charge on any atom is 0.296 e. The van der Waals surface area contributed by atoms with Crippen LogP contribution in [0.15, 0.2) is 47.4 Å². The first kappa shape index (κ1) is 20.8. The highest BCUT2D eigenvalue weighted by atomic mass is 32.2. The monoisotopic (exact) mass is 436 g/mol. The Balaban J connectivity index is 2.05. The summed E-state index contributed by atoms with van der Waals surface area (Å²) in [7, 11) is -4.76. The smallest absolute Gasteiger partial charge is 0.296 e. The van der Waals surface area contributed by atoms with E-state index in [0.717, 1.165) is 22.8 Å². The lowest BCUT2D eigenvalue weighted by Crippen LogP contribution is -2.25. The van der Waals surface area contributed by atoms with Gasteiger partial charge in [-0.25, -0.2) is 0 Å². The number of aryl methyl sites for hydroxylation is 3. The summed E-state index contributed by atoms with van der Waals surface area (Å²) in [6.45, 7) is 5.69. The Morgan fingerprint density at radius 2 is 1.39 bits per heavy atom. The average molecular weight is 436 g/mol. The fourth-order valence-electron chi connectivity index (χ4n) is 4.12. The minimum Gasteiger partial charge on any atom is -0.397 e. The minimum atomic E-state index is -4.76. The summed E-state index contributed by atoms with van der Waals surface area (Å²) in [5, 5.41) is 3.11. The van der Waals surface area contributed by atoms with Crippen LogP contribution in [-0.4, -0.2) is 24.5 Å². The number of fused-ring (bicyclic) bond motifs is 2. The molecule has 158 valence electrons. The Hall–Kier alpha value is -3.49. The van der Waals surface area contributed by atoms with Crippen LogP contribution in [0.1, 0.15) is 48.5 Å². The lowest BCUT2D eigenvalue weighted by Gasteiger charge is -2.24. The van der Waals surface area contributed by atoms with Gasteiger partial charge in [0.1, 0.15) is 4.90 Å². The standard InChI is InChI=1S/C23H20N2O5S/c1-11-8-12(2)21(13(3)9-11)25-16-10-17(31(28,29)30)20(24)19-18(16)22(26)14-6-4-5-7-15(14)23(19)27/h4-10,25H,24H2,1-3H3,(H,28,29,30). The molecule has 0 spiro atoms. The number of ketones is 2. The SMILES string of the molecule is Cc1cc(C)c(Nc2cc(S(=O)(=O)O)c(N)c3c2C(=O)c2ccccc2C3=O)c(C)c1. The molecular weight excluding hydrogens is 416 g/mol. The highest BCUT2D eigenvalue weighted by Crippen LogP contribution is 2.40. The third-order valence-electron chi connectivity index (χ3n) is 5.41. The molecule has 4 N–H and O–H groups in total. The van der Waals surface area contributed by atoms with Crippen molar-refractivity contribution in [3.05, 3.63) is 81.4 Å². The van der Waals surface area contributed by atoms with E-state index >= 15 is 0 Å². The number of anilines is 3. The lowest BCUT2D eigenvalue weighted by atomic mass is 9.82. The van der Waals surface area contributed by atoms with E-state index in [-0.39, 0.29) is 27.9 Å². The Labute approximate surface area is 179 Å². The van der Waals surface area contributed by atoms with E-state index in [4.69, 9.17) is 5.73 Å². The van der Waals surface area contributed by atoms with Crippen molar-refractivity contribution in [2.75, 3.05) is 11.1 Å². The van der Waals surface area contributed by atoms with Crippen molar-refractivity contribution in [3.63, 3.8) is 0 Å². The van der Waals surface area contributed by atoms with Crippen LogP contribution >= 0.6 is 0 Å². The highest BCUT2D eigenvalue weighted by molar-refractivity contribution is 7.86. The number of carbonyl (C=O) groups excluding carboxylic acids is 2. The zero-order valence-corrected chi connectivity index (χ0v) is 17.9. The molecule has 8 heteroatoms. The Morgan fingerprint density at radius 3 is 1.90 bits per heavy atom. The van der Waals surface area contributed by atoms with Crippen LogP contribution in [0.3, 0.4) is 0 Å². The molecule has 0 atom stereocenters. The molecule has 31 heavy (non-hydrogen) atoms. The minimum absolute atomic E-state index is 0.0204. The maximum absolute atomic E-state index is 13.3. The third kappa shape index (κ3) is 3.30. The van der Waals surface area contributed by atoms with Crippen molar-refractivity contribution in [1.29, 1.82) is 0 Å². The Bertz CT molecular complexity index is 1380. The lowest BCUT2D eigenvalue weighted by molar-refractivity contribution is 0.0980. The summed E-state index contributed by atoms with van der Waals surface area (Å²) in [5.41, 5.74) is 9.16. The van der Waals surface area contributed by atoms with Gasteiger partial charge >= 0.3 is 0 Å². The fourth-order valence-corrected chi connectivity index (χ4v) is 4.76. The molecule has 0 unspecified atom stereocenters. The van der Waals surface area contributed by atoms with Crippen molar-refractivity contribution in [2.45, 2.75) is 25.7 Å². The molecular formula is C23H20N2O5S. The van der Waals surface area contributed by atoms with E-state index in [1.165, 1.54) is 12.1 Å². The van der Waals surface area contributed by atoms with Gasteiger partial charge in [0, 0.05) is 16.8 Å². The number of nitrogen functional groups attached to an aromatic ring is 1. The van der Waals surface area contributed by atoms with E-state index in [2.05, 4.69) is 5.32 Å². The molecule has 3 aromatic rings. The van der Waals surface area contributed by atoms with Gasteiger partial charge in [-0.1, -0.05) is 42.0 Å². The molecule has 0 saturated carbocycles. The summed E-state index contributed by atoms with van der Waals surface area (Å²) in [6, 6.07) is 11.2. The molecule has 3 aromatic carbocycles. The quantitative estimate of drug-likeness (QED) is 0.328. The fraction of sp³-hybridized carbons (Fsp3) is 0.130. The van der Waals surface area contributed by atoms with Gasteiger partial charge in [-0.15, -0.1) is 0 Å². The molecule has 0 fully saturated rings. The maximum atomic E-state index is 13.3. The van der Waals surface area contributed by atoms with E-state index in [1.54, 1.807) is 12.1 Å². The molecule has 0 saturated heterocycles. The van der Waals surface area contributed by atoms with E-state index in [1.807, 2.05) is 32.9 Å². The van der Waals surface area contributed by atoms with Crippen LogP contribution in [0.25, 0.3) is 0 Å². The van der Waals surface area contributed by atoms with Crippen LogP contribution in [-0.2, 0) is 10.1 Å². The molecule has 0 bridgehead atoms. The van der Waals surface area contributed by atoms with Crippen molar-refractivity contribution in [1.82, 2.24) is 0 Å². The highest BCUT2D eigenvalue weighted by Gasteiger charge is 2.36. The van der Waals surface area contributed by atoms with Crippen molar-refractivity contribution in [3.8, 4) is 0 Å². The molecule has 1 aliphatic carbocycles. The first-order valence-corrected chi connectivity index (χ1v) is 10.9. The summed E-state index contributed by atoms with van der Waals surface area (Å²) < 4.78 is 33.7. The molecule has 4 rings (SSSR count). The van der Waals surface area contributed by atoms with Crippen LogP contribution in [0, 0.1) is 20.8 Å². The average Bonchev–Trinajstić information content (AvgIpc) is 2.68. The molecule has 0 amide bonds. The number of rotatable bonds is 3. The van der Waals surface area contributed by atoms with Gasteiger partial charge in [0.2, 0.25) is 0 Å². The molecule has 7 nitrogen and oxygen atoms in total. The van der Waals surface area contributed by atoms with Crippen LogP contribution in [0.5, 0.6) is 0 Å². The van der Waals surface area contributed by atoms with Gasteiger partial charge in [0.25, 0.3) is 10.1 Å². The molecule has 0 aromatic heterocycles. The molecule has 1 aliphatic rings. The Morgan fingerprint density at radius 1 is 0.871 bits per heavy atom. The van der Waals surface area contributed by atoms with Crippen LogP contribution in [0.2, 0.25) is 0 Å². The number of nitrogens with two attached hydrogens (primary N) is 1. The summed E-state index contributed by atoms with van der Waals surface area (Å²) in [6.07, 6.45) is 0. The number of carbonyl (C=O) groups is 2. The second kappa shape index (κ2) is 7.04. The number of nitrogens with one attached hydrogen (secondary N) is 1. The Kier molecular flexibility index (Phi) is 4.72. The van der Waals surface area contributed by atoms with E-state index in [0.29, 0.717) is 5.69 Å². The molecule has 0 heterocycles. The zero-order valence-electron chi connectivity index (χ0n) is 17.1. The predicted molar refractivity (Wildman–Crippen MR) is 118 cm³/mol. The second-order valence-corrected chi connectivity index (χ2v) is 9.05. The summed E-state index contributed by atoms with van der Waals surface area (Å²) in [5.74, 6) is -1.03. The topological polar surface area (TPSA) is 127 Å². The number of hydrogen-bond acceptors (Lipinski definition) is 6. The normalized spacial score (nSPS) is 13.0. The van der Waals surface area contributed by atoms with Crippen LogP contribution in [0.4, 0.5) is 17.1 Å². The van der Waals surface area contributed by atoms with Crippen LogP contribution < -0.4 is 11.1 Å². The summed E-state index contributed by atoms with van der Waals surface area (Å²) >= 11 is 0. The summed E-state index contributed by atoms with van der Waals surface area (Å²) in [4.78, 5) is 25.9. The van der Waals surface area contributed by atoms with Gasteiger partial charge in [0.15, 0.2) is 11.6 Å². The second-order valence-electron chi connectivity index (χ2n) is 7.66. The number of hydrogen-bond donors (Lipinski definition) is 3. The van der Waals surface area contributed by atoms with Gasteiger partial charge in [0.05, 0.1) is 22.5 Å². The van der Waals surface area contributed by atoms with Gasteiger partial charge in [-0.05, 0) is 38.0 Å². The van der Waals surface area contributed by atoms with Gasteiger partial charge < -0.3 is 11.1 Å². The predicted octanol–water partition coefficient (Wildman–Crippen LogP) is 3.96. The van der Waals surface area contributed by atoms with E-state index < -0.39 is 32.3 Å². The zero-order chi connectivity index (χ0) is 22.7. The van der Waals surface area contributed by atoms with E-state index in [9.17, 15) is 22.6 Å². The van der Waals surface area contributed by atoms with Crippen molar-refractivity contribution < 1.29 is 22.6 Å².